The summed E-state index contributed by atoms with van der Waals surface area (Å²) in [5, 5.41) is 5.31. The molecule has 2 aliphatic heterocycles. The number of carbonyl (C=O) groups excluding carboxylic acids is 1. The normalized spacial score (nSPS) is 22.6. The maximum absolute atomic E-state index is 11.9. The minimum atomic E-state index is -0.257. The smallest absolute Gasteiger partial charge is 0.315 e. The molecule has 140 valence electrons. The van der Waals surface area contributed by atoms with Crippen LogP contribution in [0.15, 0.2) is 12.5 Å². The summed E-state index contributed by atoms with van der Waals surface area (Å²) in [7, 11) is 1.90. The van der Waals surface area contributed by atoms with E-state index in [0.29, 0.717) is 12.0 Å². The van der Waals surface area contributed by atoms with Crippen molar-refractivity contribution in [2.24, 2.45) is 18.7 Å². The third-order valence-corrected chi connectivity index (χ3v) is 5.97. The molecule has 2 aliphatic rings. The molecule has 1 unspecified atom stereocenters. The number of nitrogens with two attached hydrogens (primary N) is 1. The van der Waals surface area contributed by atoms with Crippen molar-refractivity contribution >= 4 is 22.9 Å². The SMILES string of the molecule is Cn1ncc2c(N3CCC(C4CCCCCN4C(N)=O)CC3)ncnc21. The summed E-state index contributed by atoms with van der Waals surface area (Å²) in [6.07, 6.45) is 10.1. The highest BCUT2D eigenvalue weighted by molar-refractivity contribution is 5.86. The van der Waals surface area contributed by atoms with Crippen LogP contribution in [0.1, 0.15) is 38.5 Å². The van der Waals surface area contributed by atoms with Crippen molar-refractivity contribution in [3.63, 3.8) is 0 Å². The first-order valence-electron chi connectivity index (χ1n) is 9.59. The lowest BCUT2D eigenvalue weighted by Gasteiger charge is -2.40. The summed E-state index contributed by atoms with van der Waals surface area (Å²) in [6.45, 7) is 2.69. The van der Waals surface area contributed by atoms with Crippen LogP contribution in [0.25, 0.3) is 11.0 Å². The number of primary amides is 1. The molecule has 2 aromatic rings. The molecule has 8 heteroatoms. The van der Waals surface area contributed by atoms with Gasteiger partial charge in [-0.05, 0) is 31.6 Å². The fourth-order valence-corrected chi connectivity index (χ4v) is 4.60. The van der Waals surface area contributed by atoms with Crippen molar-refractivity contribution in [2.45, 2.75) is 44.6 Å². The Balaban J connectivity index is 1.48. The fraction of sp³-hybridized carbons (Fsp3) is 0.667. The topological polar surface area (TPSA) is 93.2 Å². The van der Waals surface area contributed by atoms with Gasteiger partial charge in [0.25, 0.3) is 0 Å². The highest BCUT2D eigenvalue weighted by Crippen LogP contribution is 2.32. The molecule has 26 heavy (non-hydrogen) atoms. The summed E-state index contributed by atoms with van der Waals surface area (Å²) in [5.74, 6) is 1.48. The van der Waals surface area contributed by atoms with Gasteiger partial charge in [0, 0.05) is 32.7 Å². The highest BCUT2D eigenvalue weighted by atomic mass is 16.2. The van der Waals surface area contributed by atoms with Gasteiger partial charge in [-0.15, -0.1) is 0 Å². The number of rotatable bonds is 2. The Kier molecular flexibility index (Phi) is 4.65. The van der Waals surface area contributed by atoms with Crippen molar-refractivity contribution in [1.82, 2.24) is 24.6 Å². The van der Waals surface area contributed by atoms with E-state index in [-0.39, 0.29) is 6.03 Å². The number of amides is 2. The molecule has 0 spiro atoms. The number of likely N-dealkylation sites (tertiary alicyclic amines) is 1. The van der Waals surface area contributed by atoms with E-state index < -0.39 is 0 Å². The van der Waals surface area contributed by atoms with Crippen LogP contribution in [0.4, 0.5) is 10.6 Å². The minimum absolute atomic E-state index is 0.257. The van der Waals surface area contributed by atoms with Gasteiger partial charge in [-0.25, -0.2) is 14.8 Å². The second kappa shape index (κ2) is 7.09. The van der Waals surface area contributed by atoms with Gasteiger partial charge in [0.2, 0.25) is 0 Å². The zero-order chi connectivity index (χ0) is 18.1. The minimum Gasteiger partial charge on any atom is -0.356 e. The van der Waals surface area contributed by atoms with Gasteiger partial charge >= 0.3 is 6.03 Å². The van der Waals surface area contributed by atoms with E-state index >= 15 is 0 Å². The molecule has 2 amide bonds. The van der Waals surface area contributed by atoms with Crippen molar-refractivity contribution < 1.29 is 4.79 Å². The fourth-order valence-electron chi connectivity index (χ4n) is 4.60. The van der Waals surface area contributed by atoms with E-state index in [2.05, 4.69) is 20.0 Å². The largest absolute Gasteiger partial charge is 0.356 e. The van der Waals surface area contributed by atoms with Gasteiger partial charge in [0.15, 0.2) is 5.65 Å². The molecule has 1 atom stereocenters. The number of hydrogen-bond donors (Lipinski definition) is 1. The third-order valence-electron chi connectivity index (χ3n) is 5.97. The van der Waals surface area contributed by atoms with Crippen LogP contribution < -0.4 is 10.6 Å². The number of carbonyl (C=O) groups is 1. The van der Waals surface area contributed by atoms with Crippen LogP contribution in [-0.4, -0.2) is 56.4 Å². The van der Waals surface area contributed by atoms with Crippen LogP contribution in [0, 0.1) is 5.92 Å². The number of piperidine rings is 1. The summed E-state index contributed by atoms with van der Waals surface area (Å²) in [4.78, 5) is 25.0. The number of aryl methyl sites for hydroxylation is 1. The summed E-state index contributed by atoms with van der Waals surface area (Å²) in [5.41, 5.74) is 6.53. The lowest BCUT2D eigenvalue weighted by Crippen LogP contribution is -2.49. The van der Waals surface area contributed by atoms with E-state index in [0.717, 1.165) is 62.2 Å². The third kappa shape index (κ3) is 3.08. The van der Waals surface area contributed by atoms with Crippen molar-refractivity contribution in [3.8, 4) is 0 Å². The molecule has 0 saturated carbocycles. The summed E-state index contributed by atoms with van der Waals surface area (Å²) >= 11 is 0. The van der Waals surface area contributed by atoms with E-state index in [1.54, 1.807) is 11.0 Å². The quantitative estimate of drug-likeness (QED) is 0.886. The van der Waals surface area contributed by atoms with Gasteiger partial charge in [-0.2, -0.15) is 5.10 Å². The predicted octanol–water partition coefficient (Wildman–Crippen LogP) is 1.90. The molecule has 0 radical (unpaired) electrons. The zero-order valence-electron chi connectivity index (χ0n) is 15.3. The number of hydrogen-bond acceptors (Lipinski definition) is 5. The number of fused-ring (bicyclic) bond motifs is 1. The molecule has 8 nitrogen and oxygen atoms in total. The summed E-state index contributed by atoms with van der Waals surface area (Å²) < 4.78 is 1.78. The highest BCUT2D eigenvalue weighted by Gasteiger charge is 2.33. The Bertz CT molecular complexity index is 781. The first-order chi connectivity index (χ1) is 12.6. The Morgan fingerprint density at radius 3 is 2.69 bits per heavy atom. The molecule has 0 aliphatic carbocycles. The molecule has 2 N–H and O–H groups in total. The van der Waals surface area contributed by atoms with E-state index in [9.17, 15) is 4.79 Å². The maximum atomic E-state index is 11.9. The molecule has 2 fully saturated rings. The van der Waals surface area contributed by atoms with Gasteiger partial charge in [0.05, 0.1) is 11.6 Å². The van der Waals surface area contributed by atoms with E-state index in [1.807, 2.05) is 18.1 Å². The van der Waals surface area contributed by atoms with Gasteiger partial charge < -0.3 is 15.5 Å². The van der Waals surface area contributed by atoms with Crippen LogP contribution in [0.3, 0.4) is 0 Å². The number of nitrogens with zero attached hydrogens (tertiary/aromatic N) is 6. The zero-order valence-corrected chi connectivity index (χ0v) is 15.3. The molecular weight excluding hydrogens is 330 g/mol. The molecule has 4 rings (SSSR count). The van der Waals surface area contributed by atoms with Gasteiger partial charge in [-0.1, -0.05) is 12.8 Å². The van der Waals surface area contributed by atoms with E-state index in [1.165, 1.54) is 12.8 Å². The Labute approximate surface area is 153 Å². The number of urea groups is 1. The van der Waals surface area contributed by atoms with Crippen molar-refractivity contribution in [1.29, 1.82) is 0 Å². The maximum Gasteiger partial charge on any atom is 0.315 e. The average molecular weight is 357 g/mol. The molecule has 2 saturated heterocycles. The average Bonchev–Trinajstić information content (AvgIpc) is 2.88. The van der Waals surface area contributed by atoms with Crippen molar-refractivity contribution in [2.75, 3.05) is 24.5 Å². The van der Waals surface area contributed by atoms with Gasteiger partial charge in [-0.3, -0.25) is 4.68 Å². The summed E-state index contributed by atoms with van der Waals surface area (Å²) in [6, 6.07) is 0.0353. The van der Waals surface area contributed by atoms with E-state index in [4.69, 9.17) is 5.73 Å². The first kappa shape index (κ1) is 17.1. The van der Waals surface area contributed by atoms with Crippen LogP contribution in [0.2, 0.25) is 0 Å². The number of anilines is 1. The standard InChI is InChI=1S/C18H27N7O/c1-23-16-14(11-22-23)17(21-12-20-16)24-9-6-13(7-10-24)15-5-3-2-4-8-25(15)18(19)26/h11-13,15H,2-10H2,1H3,(H2,19,26). The first-order valence-corrected chi connectivity index (χ1v) is 9.59. The molecular formula is C18H27N7O. The molecule has 0 bridgehead atoms. The van der Waals surface area contributed by atoms with Crippen LogP contribution in [-0.2, 0) is 7.05 Å². The Hall–Kier alpha value is -2.38. The second-order valence-electron chi connectivity index (χ2n) is 7.48. The lowest BCUT2D eigenvalue weighted by atomic mass is 9.86. The lowest BCUT2D eigenvalue weighted by molar-refractivity contribution is 0.143. The van der Waals surface area contributed by atoms with Gasteiger partial charge in [0.1, 0.15) is 12.1 Å². The molecule has 4 heterocycles. The second-order valence-corrected chi connectivity index (χ2v) is 7.48. The number of aromatic nitrogens is 4. The van der Waals surface area contributed by atoms with Crippen LogP contribution >= 0.6 is 0 Å². The van der Waals surface area contributed by atoms with Crippen molar-refractivity contribution in [3.05, 3.63) is 12.5 Å². The Morgan fingerprint density at radius 2 is 1.92 bits per heavy atom. The van der Waals surface area contributed by atoms with Crippen LogP contribution in [0.5, 0.6) is 0 Å². The molecule has 0 aromatic carbocycles. The molecule has 2 aromatic heterocycles. The predicted molar refractivity (Wildman–Crippen MR) is 99.8 cm³/mol. The monoisotopic (exact) mass is 357 g/mol. The Morgan fingerprint density at radius 1 is 1.12 bits per heavy atom.